The zero-order valence-corrected chi connectivity index (χ0v) is 13.2. The zero-order chi connectivity index (χ0) is 15.5. The van der Waals surface area contributed by atoms with Crippen molar-refractivity contribution in [3.05, 3.63) is 12.7 Å². The molecule has 1 aromatic rings. The number of imide groups is 1. The molecule has 1 aromatic heterocycles. The van der Waals surface area contributed by atoms with E-state index in [1.165, 1.54) is 30.2 Å². The Kier molecular flexibility index (Phi) is 8.40. The number of ether oxygens (including phenoxy) is 1. The van der Waals surface area contributed by atoms with Crippen LogP contribution >= 0.6 is 23.1 Å². The molecule has 1 heterocycles. The SMILES string of the molecule is C=CCNc1nnc(SCC(=O)NC(=O)NCCOC)s1. The molecule has 0 aliphatic rings. The normalized spacial score (nSPS) is 9.95. The summed E-state index contributed by atoms with van der Waals surface area (Å²) < 4.78 is 5.42. The average molecular weight is 331 g/mol. The number of anilines is 1. The topological polar surface area (TPSA) is 105 Å². The number of rotatable bonds is 9. The molecule has 116 valence electrons. The summed E-state index contributed by atoms with van der Waals surface area (Å²) in [6.07, 6.45) is 1.71. The Hall–Kier alpha value is -1.65. The highest BCUT2D eigenvalue weighted by atomic mass is 32.2. The van der Waals surface area contributed by atoms with Gasteiger partial charge in [0.15, 0.2) is 4.34 Å². The Labute approximate surface area is 130 Å². The molecule has 0 bridgehead atoms. The van der Waals surface area contributed by atoms with Gasteiger partial charge in [-0.15, -0.1) is 16.8 Å². The molecule has 0 aliphatic carbocycles. The number of hydrogen-bond acceptors (Lipinski definition) is 8. The first kappa shape index (κ1) is 17.4. The van der Waals surface area contributed by atoms with E-state index in [2.05, 4.69) is 32.7 Å². The lowest BCUT2D eigenvalue weighted by Crippen LogP contribution is -2.41. The van der Waals surface area contributed by atoms with E-state index in [1.54, 1.807) is 6.08 Å². The monoisotopic (exact) mass is 331 g/mol. The van der Waals surface area contributed by atoms with E-state index in [0.717, 1.165) is 0 Å². The third kappa shape index (κ3) is 7.63. The lowest BCUT2D eigenvalue weighted by atomic mass is 10.6. The first-order chi connectivity index (χ1) is 10.2. The van der Waals surface area contributed by atoms with Crippen LogP contribution in [0.15, 0.2) is 17.0 Å². The molecule has 0 spiro atoms. The minimum Gasteiger partial charge on any atom is -0.383 e. The van der Waals surface area contributed by atoms with Crippen molar-refractivity contribution >= 4 is 40.2 Å². The number of aromatic nitrogens is 2. The predicted molar refractivity (Wildman–Crippen MR) is 82.7 cm³/mol. The fourth-order valence-electron chi connectivity index (χ4n) is 1.10. The maximum Gasteiger partial charge on any atom is 0.321 e. The van der Waals surface area contributed by atoms with E-state index in [4.69, 9.17) is 4.74 Å². The van der Waals surface area contributed by atoms with Gasteiger partial charge in [0.05, 0.1) is 12.4 Å². The highest BCUT2D eigenvalue weighted by Gasteiger charge is 2.10. The molecule has 0 fully saturated rings. The lowest BCUT2D eigenvalue weighted by molar-refractivity contribution is -0.117. The number of nitrogens with one attached hydrogen (secondary N) is 3. The third-order valence-electron chi connectivity index (χ3n) is 1.98. The van der Waals surface area contributed by atoms with E-state index in [-0.39, 0.29) is 5.75 Å². The molecule has 0 aliphatic heterocycles. The number of carbonyl (C=O) groups excluding carboxylic acids is 2. The number of nitrogens with zero attached hydrogens (tertiary/aromatic N) is 2. The lowest BCUT2D eigenvalue weighted by Gasteiger charge is -2.05. The summed E-state index contributed by atoms with van der Waals surface area (Å²) in [4.78, 5) is 22.9. The predicted octanol–water partition coefficient (Wildman–Crippen LogP) is 0.700. The summed E-state index contributed by atoms with van der Waals surface area (Å²) in [5.74, 6) is -0.306. The molecule has 0 saturated heterocycles. The number of amides is 3. The van der Waals surface area contributed by atoms with Gasteiger partial charge >= 0.3 is 6.03 Å². The van der Waals surface area contributed by atoms with E-state index in [0.29, 0.717) is 29.2 Å². The van der Waals surface area contributed by atoms with Gasteiger partial charge < -0.3 is 15.4 Å². The summed E-state index contributed by atoms with van der Waals surface area (Å²) in [5, 5.41) is 16.2. The highest BCUT2D eigenvalue weighted by molar-refractivity contribution is 8.01. The smallest absolute Gasteiger partial charge is 0.321 e. The van der Waals surface area contributed by atoms with Crippen molar-refractivity contribution in [2.24, 2.45) is 0 Å². The number of hydrogen-bond donors (Lipinski definition) is 3. The van der Waals surface area contributed by atoms with Crippen LogP contribution in [0.25, 0.3) is 0 Å². The summed E-state index contributed by atoms with van der Waals surface area (Å²) in [5.41, 5.74) is 0. The standard InChI is InChI=1S/C11H17N5O3S2/c1-3-4-13-10-15-16-11(21-10)20-7-8(17)14-9(18)12-5-6-19-2/h3H,1,4-7H2,2H3,(H,13,15)(H2,12,14,17,18). The number of urea groups is 1. The first-order valence-corrected chi connectivity index (χ1v) is 7.83. The van der Waals surface area contributed by atoms with Crippen molar-refractivity contribution in [1.82, 2.24) is 20.8 Å². The molecule has 3 N–H and O–H groups in total. The maximum atomic E-state index is 11.5. The number of methoxy groups -OCH3 is 1. The quantitative estimate of drug-likeness (QED) is 0.347. The molecule has 0 unspecified atom stereocenters. The first-order valence-electron chi connectivity index (χ1n) is 6.03. The van der Waals surface area contributed by atoms with Gasteiger partial charge in [0.1, 0.15) is 0 Å². The van der Waals surface area contributed by atoms with Crippen LogP contribution in [0, 0.1) is 0 Å². The van der Waals surface area contributed by atoms with Crippen LogP contribution in [0.5, 0.6) is 0 Å². The molecule has 10 heteroatoms. The second kappa shape index (κ2) is 10.1. The minimum atomic E-state index is -0.539. The fraction of sp³-hybridized carbons (Fsp3) is 0.455. The van der Waals surface area contributed by atoms with Gasteiger partial charge in [0.25, 0.3) is 0 Å². The van der Waals surface area contributed by atoms with Crippen molar-refractivity contribution in [3.8, 4) is 0 Å². The highest BCUT2D eigenvalue weighted by Crippen LogP contribution is 2.24. The molecule has 0 radical (unpaired) electrons. The van der Waals surface area contributed by atoms with Crippen LogP contribution in [0.4, 0.5) is 9.93 Å². The van der Waals surface area contributed by atoms with Crippen molar-refractivity contribution < 1.29 is 14.3 Å². The molecule has 3 amide bonds. The Morgan fingerprint density at radius 3 is 3.00 bits per heavy atom. The molecule has 0 aromatic carbocycles. The fourth-order valence-corrected chi connectivity index (χ4v) is 2.66. The van der Waals surface area contributed by atoms with Gasteiger partial charge in [-0.3, -0.25) is 10.1 Å². The molecular weight excluding hydrogens is 314 g/mol. The van der Waals surface area contributed by atoms with Gasteiger partial charge in [0.2, 0.25) is 11.0 Å². The Morgan fingerprint density at radius 2 is 2.29 bits per heavy atom. The van der Waals surface area contributed by atoms with Crippen LogP contribution in [0.1, 0.15) is 0 Å². The second-order valence-electron chi connectivity index (χ2n) is 3.63. The summed E-state index contributed by atoms with van der Waals surface area (Å²) in [7, 11) is 1.53. The van der Waals surface area contributed by atoms with Gasteiger partial charge in [-0.1, -0.05) is 29.2 Å². The minimum absolute atomic E-state index is 0.0911. The van der Waals surface area contributed by atoms with Crippen LogP contribution in [0.2, 0.25) is 0 Å². The summed E-state index contributed by atoms with van der Waals surface area (Å²) >= 11 is 2.55. The van der Waals surface area contributed by atoms with Crippen LogP contribution in [0.3, 0.4) is 0 Å². The Bertz CT molecular complexity index is 480. The number of thioether (sulfide) groups is 1. The van der Waals surface area contributed by atoms with Crippen LogP contribution < -0.4 is 16.0 Å². The van der Waals surface area contributed by atoms with E-state index in [1.807, 2.05) is 0 Å². The summed E-state index contributed by atoms with van der Waals surface area (Å²) in [6, 6.07) is -0.539. The van der Waals surface area contributed by atoms with Crippen molar-refractivity contribution in [2.45, 2.75) is 4.34 Å². The van der Waals surface area contributed by atoms with E-state index >= 15 is 0 Å². The molecule has 1 rings (SSSR count). The largest absolute Gasteiger partial charge is 0.383 e. The second-order valence-corrected chi connectivity index (χ2v) is 5.83. The Balaban J connectivity index is 2.24. The third-order valence-corrected chi connectivity index (χ3v) is 3.99. The van der Waals surface area contributed by atoms with Crippen LogP contribution in [-0.2, 0) is 9.53 Å². The zero-order valence-electron chi connectivity index (χ0n) is 11.5. The van der Waals surface area contributed by atoms with Crippen molar-refractivity contribution in [1.29, 1.82) is 0 Å². The van der Waals surface area contributed by atoms with E-state index < -0.39 is 11.9 Å². The van der Waals surface area contributed by atoms with Crippen molar-refractivity contribution in [2.75, 3.05) is 37.9 Å². The molecular formula is C11H17N5O3S2. The summed E-state index contributed by atoms with van der Waals surface area (Å²) in [6.45, 7) is 4.92. The van der Waals surface area contributed by atoms with Gasteiger partial charge in [-0.25, -0.2) is 4.79 Å². The maximum absolute atomic E-state index is 11.5. The Morgan fingerprint density at radius 1 is 1.48 bits per heavy atom. The van der Waals surface area contributed by atoms with Gasteiger partial charge in [0, 0.05) is 20.2 Å². The number of carbonyl (C=O) groups is 2. The van der Waals surface area contributed by atoms with Gasteiger partial charge in [-0.2, -0.15) is 0 Å². The van der Waals surface area contributed by atoms with Crippen LogP contribution in [-0.4, -0.2) is 54.7 Å². The van der Waals surface area contributed by atoms with Crippen molar-refractivity contribution in [3.63, 3.8) is 0 Å². The molecule has 8 nitrogen and oxygen atoms in total. The van der Waals surface area contributed by atoms with E-state index in [9.17, 15) is 9.59 Å². The molecule has 21 heavy (non-hydrogen) atoms. The molecule has 0 atom stereocenters. The average Bonchev–Trinajstić information content (AvgIpc) is 2.91. The molecule has 0 saturated carbocycles. The van der Waals surface area contributed by atoms with Gasteiger partial charge in [-0.05, 0) is 0 Å².